The molecule has 5 nitrogen and oxygen atoms in total. The second-order valence-corrected chi connectivity index (χ2v) is 5.52. The van der Waals surface area contributed by atoms with Crippen LogP contribution in [0.5, 0.6) is 0 Å². The molecular formula is C13H19N3O2S. The Morgan fingerprint density at radius 3 is 3.16 bits per heavy atom. The van der Waals surface area contributed by atoms with Crippen LogP contribution in [0.15, 0.2) is 12.3 Å². The highest BCUT2D eigenvalue weighted by atomic mass is 32.2. The predicted molar refractivity (Wildman–Crippen MR) is 78.8 cm³/mol. The van der Waals surface area contributed by atoms with Gasteiger partial charge in [-0.05, 0) is 25.2 Å². The lowest BCUT2D eigenvalue weighted by Crippen LogP contribution is -2.28. The number of rotatable bonds is 3. The Balaban J connectivity index is 2.29. The van der Waals surface area contributed by atoms with Crippen molar-refractivity contribution in [3.05, 3.63) is 17.8 Å². The number of anilines is 2. The van der Waals surface area contributed by atoms with Crippen molar-refractivity contribution in [1.82, 2.24) is 4.98 Å². The predicted octanol–water partition coefficient (Wildman–Crippen LogP) is 1.78. The summed E-state index contributed by atoms with van der Waals surface area (Å²) in [6.07, 6.45) is 2.79. The highest BCUT2D eigenvalue weighted by Crippen LogP contribution is 2.24. The van der Waals surface area contributed by atoms with Crippen molar-refractivity contribution in [1.29, 1.82) is 0 Å². The van der Waals surface area contributed by atoms with Crippen LogP contribution < -0.4 is 10.6 Å². The van der Waals surface area contributed by atoms with E-state index in [1.807, 2.05) is 11.8 Å². The van der Waals surface area contributed by atoms with Gasteiger partial charge in [-0.3, -0.25) is 0 Å². The second kappa shape index (κ2) is 6.65. The Bertz CT molecular complexity index is 446. The first-order valence-electron chi connectivity index (χ1n) is 6.47. The third-order valence-electron chi connectivity index (χ3n) is 2.96. The quantitative estimate of drug-likeness (QED) is 0.852. The molecule has 2 rings (SSSR count). The van der Waals surface area contributed by atoms with Crippen molar-refractivity contribution in [2.75, 3.05) is 41.8 Å². The van der Waals surface area contributed by atoms with E-state index in [0.29, 0.717) is 18.0 Å². The van der Waals surface area contributed by atoms with Gasteiger partial charge in [-0.25, -0.2) is 9.78 Å². The molecule has 0 atom stereocenters. The molecule has 1 aromatic rings. The monoisotopic (exact) mass is 281 g/mol. The number of nitrogen functional groups attached to an aromatic ring is 1. The van der Waals surface area contributed by atoms with E-state index in [1.165, 1.54) is 0 Å². The van der Waals surface area contributed by atoms with E-state index >= 15 is 0 Å². The first-order chi connectivity index (χ1) is 9.22. The minimum Gasteiger partial charge on any atom is -0.462 e. The van der Waals surface area contributed by atoms with Gasteiger partial charge in [0.05, 0.1) is 24.1 Å². The summed E-state index contributed by atoms with van der Waals surface area (Å²) in [5.74, 6) is 2.24. The summed E-state index contributed by atoms with van der Waals surface area (Å²) >= 11 is 1.94. The molecule has 0 radical (unpaired) electrons. The van der Waals surface area contributed by atoms with E-state index in [-0.39, 0.29) is 5.97 Å². The minimum absolute atomic E-state index is 0.330. The number of thioether (sulfide) groups is 1. The zero-order valence-electron chi connectivity index (χ0n) is 11.1. The number of aromatic nitrogens is 1. The molecule has 2 N–H and O–H groups in total. The standard InChI is InChI=1S/C13H19N3O2S/c1-2-18-13(17)10-8-12(14)15-9-11(10)16-4-3-6-19-7-5-16/h8-9H,2-7H2,1H3,(H2,14,15). The maximum absolute atomic E-state index is 12.0. The maximum atomic E-state index is 12.0. The Morgan fingerprint density at radius 2 is 2.37 bits per heavy atom. The van der Waals surface area contributed by atoms with Gasteiger partial charge in [0.1, 0.15) is 5.82 Å². The molecule has 0 saturated carbocycles. The maximum Gasteiger partial charge on any atom is 0.340 e. The van der Waals surface area contributed by atoms with E-state index in [2.05, 4.69) is 9.88 Å². The molecule has 104 valence electrons. The van der Waals surface area contributed by atoms with Gasteiger partial charge in [-0.1, -0.05) is 0 Å². The third-order valence-corrected chi connectivity index (χ3v) is 4.01. The van der Waals surface area contributed by atoms with Crippen LogP contribution in [0.1, 0.15) is 23.7 Å². The van der Waals surface area contributed by atoms with Crippen molar-refractivity contribution in [2.45, 2.75) is 13.3 Å². The fourth-order valence-electron chi connectivity index (χ4n) is 2.08. The molecule has 1 fully saturated rings. The minimum atomic E-state index is -0.330. The molecule has 0 spiro atoms. The summed E-state index contributed by atoms with van der Waals surface area (Å²) in [4.78, 5) is 18.3. The summed E-state index contributed by atoms with van der Waals surface area (Å²) in [6, 6.07) is 1.60. The second-order valence-electron chi connectivity index (χ2n) is 4.30. The van der Waals surface area contributed by atoms with Crippen LogP contribution >= 0.6 is 11.8 Å². The number of hydrogen-bond donors (Lipinski definition) is 1. The van der Waals surface area contributed by atoms with Crippen molar-refractivity contribution >= 4 is 29.2 Å². The molecule has 6 heteroatoms. The Hall–Kier alpha value is -1.43. The van der Waals surface area contributed by atoms with E-state index in [9.17, 15) is 4.79 Å². The fourth-order valence-corrected chi connectivity index (χ4v) is 2.96. The van der Waals surface area contributed by atoms with E-state index in [0.717, 1.165) is 36.7 Å². The average Bonchev–Trinajstić information content (AvgIpc) is 2.68. The molecule has 0 aromatic carbocycles. The number of esters is 1. The number of nitrogens with two attached hydrogens (primary N) is 1. The number of nitrogens with zero attached hydrogens (tertiary/aromatic N) is 2. The van der Waals surface area contributed by atoms with Crippen LogP contribution in [-0.2, 0) is 4.74 Å². The normalized spacial score (nSPS) is 15.9. The summed E-state index contributed by atoms with van der Waals surface area (Å²) in [5, 5.41) is 0. The molecule has 0 unspecified atom stereocenters. The summed E-state index contributed by atoms with van der Waals surface area (Å²) in [5.41, 5.74) is 7.02. The molecule has 0 aliphatic carbocycles. The van der Waals surface area contributed by atoms with Crippen LogP contribution in [0.25, 0.3) is 0 Å². The smallest absolute Gasteiger partial charge is 0.340 e. The SMILES string of the molecule is CCOC(=O)c1cc(N)ncc1N1CCCSCC1. The highest BCUT2D eigenvalue weighted by molar-refractivity contribution is 7.99. The molecule has 0 amide bonds. The Kier molecular flexibility index (Phi) is 4.90. The first-order valence-corrected chi connectivity index (χ1v) is 7.63. The summed E-state index contributed by atoms with van der Waals surface area (Å²) in [6.45, 7) is 4.01. The van der Waals surface area contributed by atoms with Crippen molar-refractivity contribution in [3.63, 3.8) is 0 Å². The van der Waals surface area contributed by atoms with E-state index < -0.39 is 0 Å². The molecule has 0 bridgehead atoms. The van der Waals surface area contributed by atoms with Crippen LogP contribution in [0.2, 0.25) is 0 Å². The zero-order chi connectivity index (χ0) is 13.7. The van der Waals surface area contributed by atoms with Gasteiger partial charge in [0.2, 0.25) is 0 Å². The Morgan fingerprint density at radius 1 is 1.53 bits per heavy atom. The zero-order valence-corrected chi connectivity index (χ0v) is 11.9. The average molecular weight is 281 g/mol. The molecule has 1 aliphatic rings. The molecule has 19 heavy (non-hydrogen) atoms. The molecule has 1 aromatic heterocycles. The lowest BCUT2D eigenvalue weighted by Gasteiger charge is -2.24. The number of ether oxygens (including phenoxy) is 1. The molecule has 1 saturated heterocycles. The first kappa shape index (κ1) is 14.0. The van der Waals surface area contributed by atoms with Gasteiger partial charge >= 0.3 is 5.97 Å². The third kappa shape index (κ3) is 3.53. The van der Waals surface area contributed by atoms with Gasteiger partial charge in [0.15, 0.2) is 0 Å². The fraction of sp³-hybridized carbons (Fsp3) is 0.538. The lowest BCUT2D eigenvalue weighted by molar-refractivity contribution is 0.0527. The van der Waals surface area contributed by atoms with Crippen molar-refractivity contribution in [3.8, 4) is 0 Å². The largest absolute Gasteiger partial charge is 0.462 e. The molecular weight excluding hydrogens is 262 g/mol. The van der Waals surface area contributed by atoms with Crippen LogP contribution in [0, 0.1) is 0 Å². The van der Waals surface area contributed by atoms with Crippen LogP contribution in [0.4, 0.5) is 11.5 Å². The summed E-state index contributed by atoms with van der Waals surface area (Å²) in [7, 11) is 0. The number of carbonyl (C=O) groups excluding carboxylic acids is 1. The Labute approximate surface area is 117 Å². The van der Waals surface area contributed by atoms with Crippen molar-refractivity contribution < 1.29 is 9.53 Å². The number of pyridine rings is 1. The number of carbonyl (C=O) groups is 1. The van der Waals surface area contributed by atoms with Gasteiger partial charge in [-0.15, -0.1) is 0 Å². The van der Waals surface area contributed by atoms with Gasteiger partial charge in [-0.2, -0.15) is 11.8 Å². The highest BCUT2D eigenvalue weighted by Gasteiger charge is 2.19. The van der Waals surface area contributed by atoms with Crippen molar-refractivity contribution in [2.24, 2.45) is 0 Å². The van der Waals surface area contributed by atoms with E-state index in [4.69, 9.17) is 10.5 Å². The van der Waals surface area contributed by atoms with Gasteiger partial charge < -0.3 is 15.4 Å². The van der Waals surface area contributed by atoms with Gasteiger partial charge in [0.25, 0.3) is 0 Å². The number of hydrogen-bond acceptors (Lipinski definition) is 6. The van der Waals surface area contributed by atoms with E-state index in [1.54, 1.807) is 19.2 Å². The summed E-state index contributed by atoms with van der Waals surface area (Å²) < 4.78 is 5.09. The lowest BCUT2D eigenvalue weighted by atomic mass is 10.2. The van der Waals surface area contributed by atoms with Crippen LogP contribution in [-0.4, -0.2) is 42.2 Å². The van der Waals surface area contributed by atoms with Crippen LogP contribution in [0.3, 0.4) is 0 Å². The van der Waals surface area contributed by atoms with Gasteiger partial charge in [0, 0.05) is 18.8 Å². The topological polar surface area (TPSA) is 68.5 Å². The molecule has 1 aliphatic heterocycles. The molecule has 2 heterocycles.